The first-order valence-corrected chi connectivity index (χ1v) is 5.56. The van der Waals surface area contributed by atoms with Gasteiger partial charge in [0, 0.05) is 0 Å². The summed E-state index contributed by atoms with van der Waals surface area (Å²) >= 11 is 4.26. The summed E-state index contributed by atoms with van der Waals surface area (Å²) in [5.74, 6) is 0. The third-order valence-corrected chi connectivity index (χ3v) is 4.26. The normalized spacial score (nSPS) is 19.1. The minimum atomic E-state index is -5.62. The zero-order chi connectivity index (χ0) is 9.28. The monoisotopic (exact) mass is 279 g/mol. The summed E-state index contributed by atoms with van der Waals surface area (Å²) in [5, 5.41) is 8.24. The predicted molar refractivity (Wildman–Crippen MR) is 28.2 cm³/mol. The molecule has 0 aromatic carbocycles. The molecule has 0 spiro atoms. The number of aliphatic hydroxyl groups excluding tert-OH is 1. The van der Waals surface area contributed by atoms with Crippen LogP contribution in [0.2, 0.25) is 0 Å². The molecule has 2 unspecified atom stereocenters. The van der Waals surface area contributed by atoms with E-state index in [1.54, 1.807) is 0 Å². The van der Waals surface area contributed by atoms with Crippen LogP contribution in [0.4, 0.5) is 0 Å². The Bertz CT molecular complexity index is 223. The van der Waals surface area contributed by atoms with Crippen LogP contribution in [0.3, 0.4) is 0 Å². The maximum Gasteiger partial charge on any atom is 3.00 e. The molecule has 0 aliphatic rings. The van der Waals surface area contributed by atoms with E-state index >= 15 is 0 Å². The molecule has 0 saturated carbocycles. The average Bonchev–Trinajstić information content (AvgIpc) is 1.84. The third-order valence-electron chi connectivity index (χ3n) is 0.662. The Kier molecular flexibility index (Phi) is 6.57. The van der Waals surface area contributed by atoms with E-state index in [1.807, 2.05) is 0 Å². The van der Waals surface area contributed by atoms with Gasteiger partial charge >= 0.3 is 17.1 Å². The number of rotatable bonds is 3. The van der Waals surface area contributed by atoms with Crippen molar-refractivity contribution < 1.29 is 50.1 Å². The van der Waals surface area contributed by atoms with Crippen molar-refractivity contribution in [3.05, 3.63) is 0 Å². The van der Waals surface area contributed by atoms with Gasteiger partial charge in [-0.1, -0.05) is 0 Å². The van der Waals surface area contributed by atoms with Crippen LogP contribution >= 0.6 is 27.1 Å². The Labute approximate surface area is 83.0 Å². The summed E-state index contributed by atoms with van der Waals surface area (Å²) in [4.78, 5) is 29.9. The summed E-state index contributed by atoms with van der Waals surface area (Å²) in [7, 11) is -10.8. The maximum absolute atomic E-state index is 10.2. The van der Waals surface area contributed by atoms with Crippen LogP contribution in [0.5, 0.6) is 0 Å². The molecule has 0 fully saturated rings. The van der Waals surface area contributed by atoms with Crippen molar-refractivity contribution in [2.45, 2.75) is 5.59 Å². The van der Waals surface area contributed by atoms with Crippen molar-refractivity contribution >= 4 is 27.1 Å². The Balaban J connectivity index is 0. The third kappa shape index (κ3) is 4.35. The number of hydrogen-bond acceptors (Lipinski definition) is 7. The van der Waals surface area contributed by atoms with Gasteiger partial charge in [0.15, 0.2) is 7.60 Å². The van der Waals surface area contributed by atoms with Crippen LogP contribution in [0, 0.1) is 0 Å². The van der Waals surface area contributed by atoms with Crippen molar-refractivity contribution in [2.24, 2.45) is 0 Å². The fourth-order valence-corrected chi connectivity index (χ4v) is 2.20. The van der Waals surface area contributed by atoms with Gasteiger partial charge in [-0.05, 0) is 7.60 Å². The van der Waals surface area contributed by atoms with Crippen molar-refractivity contribution in [1.29, 1.82) is 0 Å². The van der Waals surface area contributed by atoms with Crippen molar-refractivity contribution in [1.82, 2.24) is 0 Å². The Morgan fingerprint density at radius 3 is 1.75 bits per heavy atom. The van der Waals surface area contributed by atoms with Crippen LogP contribution in [-0.4, -0.2) is 10.7 Å². The van der Waals surface area contributed by atoms with Crippen LogP contribution in [0.15, 0.2) is 0 Å². The van der Waals surface area contributed by atoms with Gasteiger partial charge in [0.1, 0.15) is 5.59 Å². The molecule has 12 heavy (non-hydrogen) atoms. The molecule has 0 aromatic heterocycles. The van der Waals surface area contributed by atoms with E-state index < -0.39 is 20.8 Å². The zero-order valence-electron chi connectivity index (χ0n) is 5.10. The van der Waals surface area contributed by atoms with Crippen LogP contribution < -0.4 is 14.7 Å². The smallest absolute Gasteiger partial charge is 0.809 e. The minimum absolute atomic E-state index is 0. The molecule has 0 rings (SSSR count). The molecular formula is CH2ClFeO7P2. The second-order valence-electron chi connectivity index (χ2n) is 1.50. The number of halogens is 1. The second-order valence-corrected chi connectivity index (χ2v) is 5.59. The number of hydrogen-bond donors (Lipinski definition) is 1. The van der Waals surface area contributed by atoms with E-state index in [9.17, 15) is 23.8 Å². The molecule has 11 heteroatoms. The maximum atomic E-state index is 10.2. The van der Waals surface area contributed by atoms with E-state index in [2.05, 4.69) is 15.9 Å². The molecule has 1 radical (unpaired) electrons. The van der Waals surface area contributed by atoms with Gasteiger partial charge in [-0.3, -0.25) is 0 Å². The molecule has 0 aliphatic carbocycles. The summed E-state index contributed by atoms with van der Waals surface area (Å²) in [6, 6.07) is 0. The summed E-state index contributed by atoms with van der Waals surface area (Å²) in [5.41, 5.74) is -3.13. The summed E-state index contributed by atoms with van der Waals surface area (Å²) in [6.07, 6.45) is 0. The molecule has 0 aromatic rings. The van der Waals surface area contributed by atoms with Gasteiger partial charge in [-0.2, -0.15) is 0 Å². The number of aliphatic hydroxyl groups is 1. The molecule has 2 atom stereocenters. The Morgan fingerprint density at radius 2 is 1.67 bits per heavy atom. The van der Waals surface area contributed by atoms with Crippen molar-refractivity contribution in [3.8, 4) is 0 Å². The Morgan fingerprint density at radius 1 is 1.33 bits per heavy atom. The topological polar surface area (TPSA) is 133 Å². The van der Waals surface area contributed by atoms with Gasteiger partial charge < -0.3 is 28.9 Å². The first kappa shape index (κ1) is 15.5. The molecule has 0 amide bonds. The van der Waals surface area contributed by atoms with Crippen molar-refractivity contribution in [2.75, 3.05) is 0 Å². The van der Waals surface area contributed by atoms with Gasteiger partial charge in [0.05, 0.1) is 11.9 Å². The molecular weight excluding hydrogens is 277 g/mol. The van der Waals surface area contributed by atoms with Crippen LogP contribution in [-0.2, 0) is 30.3 Å². The Hall–Kier alpha value is 1.07. The van der Waals surface area contributed by atoms with E-state index in [1.165, 1.54) is 0 Å². The van der Waals surface area contributed by atoms with Crippen molar-refractivity contribution in [3.63, 3.8) is 0 Å². The molecule has 0 heterocycles. The second kappa shape index (κ2) is 5.08. The average molecular weight is 279 g/mol. The largest absolute Gasteiger partial charge is 3.00 e. The fraction of sp³-hybridized carbons (Fsp3) is 1.00. The standard InChI is InChI=1S/CH5ClO7P2.Fe/c2-9-11(7,8)1(3)10(4,5)6;/h1,3H,(H,7,8)(H2,4,5,6);/q;+3/p-3. The van der Waals surface area contributed by atoms with Gasteiger partial charge in [0.25, 0.3) is 0 Å². The zero-order valence-corrected chi connectivity index (χ0v) is 8.75. The molecule has 0 saturated heterocycles. The minimum Gasteiger partial charge on any atom is -0.809 e. The van der Waals surface area contributed by atoms with Gasteiger partial charge in [0.2, 0.25) is 0 Å². The van der Waals surface area contributed by atoms with Gasteiger partial charge in [-0.25, -0.2) is 4.08 Å². The van der Waals surface area contributed by atoms with E-state index in [4.69, 9.17) is 5.11 Å². The molecule has 1 N–H and O–H groups in total. The van der Waals surface area contributed by atoms with Crippen LogP contribution in [0.25, 0.3) is 0 Å². The first-order valence-electron chi connectivity index (χ1n) is 2.02. The fourth-order valence-electron chi connectivity index (χ4n) is 0.209. The molecule has 0 aliphatic heterocycles. The van der Waals surface area contributed by atoms with E-state index in [-0.39, 0.29) is 17.1 Å². The first-order chi connectivity index (χ1) is 4.72. The van der Waals surface area contributed by atoms with Crippen LogP contribution in [0.1, 0.15) is 0 Å². The van der Waals surface area contributed by atoms with Gasteiger partial charge in [-0.15, -0.1) is 0 Å². The molecule has 0 bridgehead atoms. The van der Waals surface area contributed by atoms with E-state index in [0.717, 1.165) is 0 Å². The summed E-state index contributed by atoms with van der Waals surface area (Å²) < 4.78 is 23.1. The van der Waals surface area contributed by atoms with E-state index in [0.29, 0.717) is 0 Å². The SMILES string of the molecule is O=P([O-])([O-])C(O)P(=O)([O-])OCl.[Fe+3]. The quantitative estimate of drug-likeness (QED) is 0.462. The molecule has 73 valence electrons. The molecule has 7 nitrogen and oxygen atoms in total. The predicted octanol–water partition coefficient (Wildman–Crippen LogP) is -2.10. The summed E-state index contributed by atoms with van der Waals surface area (Å²) in [6.45, 7) is 0.